The molecule has 0 bridgehead atoms. The SMILES string of the molecule is CN=C(NCCCc1c[nH]c2ccccc12)NCCc1ccccc1OC.I. The fourth-order valence-corrected chi connectivity index (χ4v) is 3.27. The number of aliphatic imine (C=N–C) groups is 1. The molecule has 0 aliphatic heterocycles. The van der Waals surface area contributed by atoms with E-state index in [0.717, 1.165) is 44.1 Å². The first kappa shape index (κ1) is 22.1. The van der Waals surface area contributed by atoms with Gasteiger partial charge in [-0.15, -0.1) is 24.0 Å². The number of guanidine groups is 1. The number of para-hydroxylation sites is 2. The van der Waals surface area contributed by atoms with E-state index in [1.165, 1.54) is 22.0 Å². The van der Waals surface area contributed by atoms with E-state index < -0.39 is 0 Å². The van der Waals surface area contributed by atoms with Gasteiger partial charge in [-0.3, -0.25) is 4.99 Å². The minimum atomic E-state index is 0. The fourth-order valence-electron chi connectivity index (χ4n) is 3.27. The fraction of sp³-hybridized carbons (Fsp3) is 0.318. The van der Waals surface area contributed by atoms with E-state index in [-0.39, 0.29) is 24.0 Å². The molecule has 1 heterocycles. The van der Waals surface area contributed by atoms with Crippen LogP contribution in [0.25, 0.3) is 10.9 Å². The molecule has 3 aromatic rings. The Morgan fingerprint density at radius 2 is 1.71 bits per heavy atom. The van der Waals surface area contributed by atoms with Crippen molar-refractivity contribution in [3.63, 3.8) is 0 Å². The molecule has 0 unspecified atom stereocenters. The molecule has 6 heteroatoms. The average molecular weight is 492 g/mol. The van der Waals surface area contributed by atoms with Gasteiger partial charge >= 0.3 is 0 Å². The van der Waals surface area contributed by atoms with Crippen LogP contribution in [0.4, 0.5) is 0 Å². The lowest BCUT2D eigenvalue weighted by Gasteiger charge is -2.13. The Kier molecular flexibility index (Phi) is 9.13. The molecular weight excluding hydrogens is 463 g/mol. The summed E-state index contributed by atoms with van der Waals surface area (Å²) in [5.74, 6) is 1.77. The van der Waals surface area contributed by atoms with Crippen LogP contribution in [0.5, 0.6) is 5.75 Å². The first-order valence-electron chi connectivity index (χ1n) is 9.43. The Morgan fingerprint density at radius 1 is 0.964 bits per heavy atom. The highest BCUT2D eigenvalue weighted by Gasteiger charge is 2.04. The number of rotatable bonds is 8. The quantitative estimate of drug-likeness (QED) is 0.192. The number of benzene rings is 2. The Bertz CT molecular complexity index is 891. The van der Waals surface area contributed by atoms with E-state index in [1.54, 1.807) is 14.2 Å². The van der Waals surface area contributed by atoms with Gasteiger partial charge in [0.15, 0.2) is 5.96 Å². The molecule has 5 nitrogen and oxygen atoms in total. The zero-order valence-corrected chi connectivity index (χ0v) is 18.8. The first-order chi connectivity index (χ1) is 13.3. The van der Waals surface area contributed by atoms with Gasteiger partial charge in [-0.1, -0.05) is 36.4 Å². The summed E-state index contributed by atoms with van der Waals surface area (Å²) in [5.41, 5.74) is 3.77. The number of aryl methyl sites for hydroxylation is 1. The maximum absolute atomic E-state index is 5.40. The van der Waals surface area contributed by atoms with Crippen LogP contribution in [-0.2, 0) is 12.8 Å². The lowest BCUT2D eigenvalue weighted by Crippen LogP contribution is -2.38. The van der Waals surface area contributed by atoms with Crippen LogP contribution in [0, 0.1) is 0 Å². The van der Waals surface area contributed by atoms with Crippen LogP contribution in [0.3, 0.4) is 0 Å². The Morgan fingerprint density at radius 3 is 2.54 bits per heavy atom. The number of ether oxygens (including phenoxy) is 1. The molecule has 3 N–H and O–H groups in total. The minimum Gasteiger partial charge on any atom is -0.496 e. The number of H-pyrrole nitrogens is 1. The highest BCUT2D eigenvalue weighted by molar-refractivity contribution is 14.0. The molecule has 0 amide bonds. The van der Waals surface area contributed by atoms with Crippen LogP contribution >= 0.6 is 24.0 Å². The number of methoxy groups -OCH3 is 1. The molecule has 0 saturated heterocycles. The molecule has 2 aromatic carbocycles. The van der Waals surface area contributed by atoms with Crippen molar-refractivity contribution in [2.24, 2.45) is 4.99 Å². The number of hydrogen-bond donors (Lipinski definition) is 3. The molecule has 0 radical (unpaired) electrons. The average Bonchev–Trinajstić information content (AvgIpc) is 3.13. The predicted molar refractivity (Wildman–Crippen MR) is 128 cm³/mol. The van der Waals surface area contributed by atoms with Gasteiger partial charge in [0.1, 0.15) is 5.75 Å². The van der Waals surface area contributed by atoms with Crippen molar-refractivity contribution in [1.29, 1.82) is 0 Å². The van der Waals surface area contributed by atoms with Crippen LogP contribution in [-0.4, -0.2) is 38.2 Å². The van der Waals surface area contributed by atoms with E-state index in [0.29, 0.717) is 0 Å². The smallest absolute Gasteiger partial charge is 0.190 e. The van der Waals surface area contributed by atoms with Crippen molar-refractivity contribution in [1.82, 2.24) is 15.6 Å². The Hall–Kier alpha value is -2.22. The Labute approximate surface area is 184 Å². The molecule has 0 aliphatic rings. The van der Waals surface area contributed by atoms with Crippen LogP contribution in [0.1, 0.15) is 17.5 Å². The third kappa shape index (κ3) is 5.89. The lowest BCUT2D eigenvalue weighted by molar-refractivity contribution is 0.409. The van der Waals surface area contributed by atoms with Crippen LogP contribution in [0.15, 0.2) is 59.7 Å². The standard InChI is InChI=1S/C22H28N4O.HI/c1-23-22(25-15-13-17-8-3-6-12-21(17)27-2)24-14-7-9-18-16-26-20-11-5-4-10-19(18)20;/h3-6,8,10-12,16,26H,7,9,13-15H2,1-2H3,(H2,23,24,25);1H. The third-order valence-electron chi connectivity index (χ3n) is 4.69. The van der Waals surface area contributed by atoms with Crippen molar-refractivity contribution >= 4 is 40.8 Å². The second-order valence-electron chi connectivity index (χ2n) is 6.45. The summed E-state index contributed by atoms with van der Waals surface area (Å²) < 4.78 is 5.40. The number of halogens is 1. The number of aromatic amines is 1. The van der Waals surface area contributed by atoms with Crippen molar-refractivity contribution < 1.29 is 4.74 Å². The van der Waals surface area contributed by atoms with E-state index in [9.17, 15) is 0 Å². The summed E-state index contributed by atoms with van der Waals surface area (Å²) in [6.07, 6.45) is 5.09. The molecule has 3 rings (SSSR count). The van der Waals surface area contributed by atoms with Gasteiger partial charge in [0.05, 0.1) is 7.11 Å². The Balaban J connectivity index is 0.00000280. The topological polar surface area (TPSA) is 61.4 Å². The molecule has 0 atom stereocenters. The highest BCUT2D eigenvalue weighted by Crippen LogP contribution is 2.19. The first-order valence-corrected chi connectivity index (χ1v) is 9.43. The molecule has 1 aromatic heterocycles. The van der Waals surface area contributed by atoms with Crippen LogP contribution < -0.4 is 15.4 Å². The maximum Gasteiger partial charge on any atom is 0.190 e. The normalized spacial score (nSPS) is 11.1. The van der Waals surface area contributed by atoms with Gasteiger partial charge in [0.25, 0.3) is 0 Å². The van der Waals surface area contributed by atoms with Gasteiger partial charge in [-0.05, 0) is 42.5 Å². The largest absolute Gasteiger partial charge is 0.496 e. The summed E-state index contributed by atoms with van der Waals surface area (Å²) in [6.45, 7) is 1.69. The number of nitrogens with one attached hydrogen (secondary N) is 3. The molecule has 0 saturated carbocycles. The van der Waals surface area contributed by atoms with Crippen LogP contribution in [0.2, 0.25) is 0 Å². The number of hydrogen-bond acceptors (Lipinski definition) is 2. The van der Waals surface area contributed by atoms with Gasteiger partial charge in [0.2, 0.25) is 0 Å². The zero-order chi connectivity index (χ0) is 18.9. The number of fused-ring (bicyclic) bond motifs is 1. The summed E-state index contributed by atoms with van der Waals surface area (Å²) in [5, 5.41) is 8.08. The predicted octanol–water partition coefficient (Wildman–Crippen LogP) is 4.13. The van der Waals surface area contributed by atoms with E-state index in [1.807, 2.05) is 18.2 Å². The summed E-state index contributed by atoms with van der Waals surface area (Å²) in [6, 6.07) is 16.6. The van der Waals surface area contributed by atoms with Crippen molar-refractivity contribution in [2.75, 3.05) is 27.2 Å². The molecule has 150 valence electrons. The summed E-state index contributed by atoms with van der Waals surface area (Å²) in [4.78, 5) is 7.64. The van der Waals surface area contributed by atoms with Gasteiger partial charge < -0.3 is 20.4 Å². The number of aromatic nitrogens is 1. The van der Waals surface area contributed by atoms with Gasteiger partial charge in [-0.25, -0.2) is 0 Å². The molecule has 0 spiro atoms. The highest BCUT2D eigenvalue weighted by atomic mass is 127. The monoisotopic (exact) mass is 492 g/mol. The lowest BCUT2D eigenvalue weighted by atomic mass is 10.1. The van der Waals surface area contributed by atoms with Crippen molar-refractivity contribution in [3.8, 4) is 5.75 Å². The van der Waals surface area contributed by atoms with Crippen molar-refractivity contribution in [3.05, 3.63) is 65.9 Å². The van der Waals surface area contributed by atoms with Gasteiger partial charge in [-0.2, -0.15) is 0 Å². The molecule has 0 fully saturated rings. The summed E-state index contributed by atoms with van der Waals surface area (Å²) in [7, 11) is 3.51. The second-order valence-corrected chi connectivity index (χ2v) is 6.45. The minimum absolute atomic E-state index is 0. The summed E-state index contributed by atoms with van der Waals surface area (Å²) >= 11 is 0. The van der Waals surface area contributed by atoms with Gasteiger partial charge in [0, 0.05) is 37.2 Å². The van der Waals surface area contributed by atoms with E-state index >= 15 is 0 Å². The van der Waals surface area contributed by atoms with E-state index in [2.05, 4.69) is 57.1 Å². The third-order valence-corrected chi connectivity index (χ3v) is 4.69. The maximum atomic E-state index is 5.40. The van der Waals surface area contributed by atoms with E-state index in [4.69, 9.17) is 4.74 Å². The molecule has 28 heavy (non-hydrogen) atoms. The number of nitrogens with zero attached hydrogens (tertiary/aromatic N) is 1. The van der Waals surface area contributed by atoms with Crippen molar-refractivity contribution in [2.45, 2.75) is 19.3 Å². The molecular formula is C22H29IN4O. The molecule has 0 aliphatic carbocycles. The zero-order valence-electron chi connectivity index (χ0n) is 16.5. The second kappa shape index (κ2) is 11.6.